The first-order chi connectivity index (χ1) is 17.8. The summed E-state index contributed by atoms with van der Waals surface area (Å²) in [6.45, 7) is 9.59. The molecule has 2 bridgehead atoms. The zero-order chi connectivity index (χ0) is 26.9. The number of esters is 1. The van der Waals surface area contributed by atoms with E-state index in [1.807, 2.05) is 13.8 Å². The molecule has 9 nitrogen and oxygen atoms in total. The van der Waals surface area contributed by atoms with Gasteiger partial charge in [-0.05, 0) is 49.9 Å². The van der Waals surface area contributed by atoms with Crippen LogP contribution in [-0.4, -0.2) is 78.4 Å². The van der Waals surface area contributed by atoms with Gasteiger partial charge in [0.15, 0.2) is 0 Å². The van der Waals surface area contributed by atoms with Crippen molar-refractivity contribution in [1.29, 1.82) is 0 Å². The van der Waals surface area contributed by atoms with Crippen LogP contribution in [-0.2, 0) is 23.9 Å². The second kappa shape index (κ2) is 10.8. The van der Waals surface area contributed by atoms with Crippen LogP contribution in [0.15, 0.2) is 36.9 Å². The Labute approximate surface area is 218 Å². The summed E-state index contributed by atoms with van der Waals surface area (Å²) in [5.74, 6) is -2.16. The van der Waals surface area contributed by atoms with E-state index in [0.717, 1.165) is 0 Å². The molecule has 1 spiro atoms. The molecule has 0 radical (unpaired) electrons. The number of aliphatic hydroxyl groups excluding tert-OH is 1. The fourth-order valence-corrected chi connectivity index (χ4v) is 6.41. The van der Waals surface area contributed by atoms with E-state index in [1.165, 1.54) is 4.90 Å². The topological polar surface area (TPSA) is 106 Å². The summed E-state index contributed by atoms with van der Waals surface area (Å²) < 4.78 is 17.1. The van der Waals surface area contributed by atoms with Crippen molar-refractivity contribution in [2.45, 2.75) is 63.8 Å². The molecule has 2 unspecified atom stereocenters. The number of ether oxygens (including phenoxy) is 3. The molecule has 3 heterocycles. The van der Waals surface area contributed by atoms with Crippen LogP contribution < -0.4 is 9.64 Å². The van der Waals surface area contributed by atoms with Crippen LogP contribution in [0.2, 0.25) is 0 Å². The lowest BCUT2D eigenvalue weighted by Gasteiger charge is -2.40. The first-order valence-electron chi connectivity index (χ1n) is 13.1. The van der Waals surface area contributed by atoms with Gasteiger partial charge in [0.1, 0.15) is 17.4 Å². The van der Waals surface area contributed by atoms with E-state index < -0.39 is 41.6 Å². The molecule has 3 aliphatic heterocycles. The molecule has 0 aromatic heterocycles. The number of methoxy groups -OCH3 is 1. The monoisotopic (exact) mass is 514 g/mol. The molecule has 3 saturated heterocycles. The van der Waals surface area contributed by atoms with E-state index in [4.69, 9.17) is 14.2 Å². The first-order valence-corrected chi connectivity index (χ1v) is 13.1. The molecule has 3 aliphatic rings. The number of hydrogen-bond acceptors (Lipinski definition) is 7. The maximum Gasteiger partial charge on any atom is 0.312 e. The van der Waals surface area contributed by atoms with Gasteiger partial charge in [-0.25, -0.2) is 0 Å². The third-order valence-corrected chi connectivity index (χ3v) is 8.34. The highest BCUT2D eigenvalue weighted by atomic mass is 16.6. The molecular weight excluding hydrogens is 476 g/mol. The number of carbonyl (C=O) groups is 3. The van der Waals surface area contributed by atoms with Gasteiger partial charge in [-0.15, -0.1) is 6.58 Å². The van der Waals surface area contributed by atoms with Gasteiger partial charge in [0.25, 0.3) is 5.91 Å². The number of hydrogen-bond donors (Lipinski definition) is 1. The van der Waals surface area contributed by atoms with E-state index in [0.29, 0.717) is 30.7 Å². The van der Waals surface area contributed by atoms with E-state index in [1.54, 1.807) is 49.3 Å². The average Bonchev–Trinajstić information content (AvgIpc) is 3.55. The van der Waals surface area contributed by atoms with Gasteiger partial charge in [-0.1, -0.05) is 26.3 Å². The van der Waals surface area contributed by atoms with E-state index in [2.05, 4.69) is 6.58 Å². The molecule has 0 aliphatic carbocycles. The normalized spacial score (nSPS) is 29.5. The Morgan fingerprint density at radius 2 is 2.03 bits per heavy atom. The van der Waals surface area contributed by atoms with Gasteiger partial charge in [0.2, 0.25) is 5.91 Å². The fourth-order valence-electron chi connectivity index (χ4n) is 6.41. The van der Waals surface area contributed by atoms with Gasteiger partial charge in [-0.3, -0.25) is 14.4 Å². The van der Waals surface area contributed by atoms with E-state index in [-0.39, 0.29) is 37.5 Å². The molecule has 1 N–H and O–H groups in total. The maximum absolute atomic E-state index is 14.5. The molecule has 0 saturated carbocycles. The third-order valence-electron chi connectivity index (χ3n) is 8.34. The lowest BCUT2D eigenvalue weighted by Crippen LogP contribution is -2.60. The number of benzene rings is 1. The summed E-state index contributed by atoms with van der Waals surface area (Å²) in [5, 5.41) is 10.4. The first kappa shape index (κ1) is 27.1. The molecule has 1 aromatic carbocycles. The number of aliphatic hydroxyl groups is 1. The summed E-state index contributed by atoms with van der Waals surface area (Å²) in [4.78, 5) is 44.7. The van der Waals surface area contributed by atoms with Crippen LogP contribution in [0.1, 0.15) is 40.0 Å². The number of likely N-dealkylation sites (tertiary alicyclic amines) is 1. The summed E-state index contributed by atoms with van der Waals surface area (Å²) in [5.41, 5.74) is -0.542. The molecule has 37 heavy (non-hydrogen) atoms. The lowest BCUT2D eigenvalue weighted by molar-refractivity contribution is -0.155. The summed E-state index contributed by atoms with van der Waals surface area (Å²) >= 11 is 0. The van der Waals surface area contributed by atoms with Crippen molar-refractivity contribution in [2.75, 3.05) is 31.8 Å². The second-order valence-corrected chi connectivity index (χ2v) is 10.1. The number of rotatable bonds is 11. The number of anilines is 1. The Morgan fingerprint density at radius 3 is 2.59 bits per heavy atom. The highest BCUT2D eigenvalue weighted by Crippen LogP contribution is 2.59. The number of amides is 2. The van der Waals surface area contributed by atoms with Crippen molar-refractivity contribution in [3.05, 3.63) is 36.9 Å². The van der Waals surface area contributed by atoms with Gasteiger partial charge in [-0.2, -0.15) is 0 Å². The minimum atomic E-state index is -1.16. The Balaban J connectivity index is 1.82. The van der Waals surface area contributed by atoms with Gasteiger partial charge >= 0.3 is 5.97 Å². The van der Waals surface area contributed by atoms with Crippen LogP contribution >= 0.6 is 0 Å². The standard InChI is InChI=1S/C28H38N2O7/c1-6-15-29(18-9-11-19(35-5)12-10-18)26(33)24-28-14-13-21(37-28)22(27(34)36-8-3)23(28)25(32)30(24)20(16-31)17(4)7-2/h6,9-12,17,20-24,31H,1,7-8,13-16H2,2-5H3/t17-,20-,21-,22+,23-,24?,28?/m0/s1. The van der Waals surface area contributed by atoms with E-state index >= 15 is 0 Å². The number of fused-ring (bicyclic) bond motifs is 1. The van der Waals surface area contributed by atoms with Gasteiger partial charge in [0, 0.05) is 12.2 Å². The minimum absolute atomic E-state index is 0.0773. The third kappa shape index (κ3) is 4.32. The Morgan fingerprint density at radius 1 is 1.32 bits per heavy atom. The Hall–Kier alpha value is -2.91. The highest BCUT2D eigenvalue weighted by Gasteiger charge is 2.75. The molecule has 9 heteroatoms. The summed E-state index contributed by atoms with van der Waals surface area (Å²) in [6, 6.07) is 5.50. The van der Waals surface area contributed by atoms with Gasteiger partial charge < -0.3 is 29.1 Å². The molecule has 3 fully saturated rings. The molecule has 1 aromatic rings. The average molecular weight is 515 g/mol. The molecule has 7 atom stereocenters. The highest BCUT2D eigenvalue weighted by molar-refractivity contribution is 6.04. The smallest absolute Gasteiger partial charge is 0.312 e. The summed E-state index contributed by atoms with van der Waals surface area (Å²) in [6.07, 6.45) is 2.88. The molecule has 4 rings (SSSR count). The minimum Gasteiger partial charge on any atom is -0.497 e. The summed E-state index contributed by atoms with van der Waals surface area (Å²) in [7, 11) is 1.57. The van der Waals surface area contributed by atoms with Crippen molar-refractivity contribution in [1.82, 2.24) is 4.90 Å². The van der Waals surface area contributed by atoms with Crippen LogP contribution in [0.3, 0.4) is 0 Å². The van der Waals surface area contributed by atoms with Crippen molar-refractivity contribution in [2.24, 2.45) is 17.8 Å². The maximum atomic E-state index is 14.5. The van der Waals surface area contributed by atoms with Gasteiger partial charge in [0.05, 0.1) is 44.3 Å². The second-order valence-electron chi connectivity index (χ2n) is 10.1. The van der Waals surface area contributed by atoms with Crippen LogP contribution in [0, 0.1) is 17.8 Å². The largest absolute Gasteiger partial charge is 0.497 e. The zero-order valence-corrected chi connectivity index (χ0v) is 22.1. The molecule has 2 amide bonds. The van der Waals surface area contributed by atoms with Crippen LogP contribution in [0.4, 0.5) is 5.69 Å². The van der Waals surface area contributed by atoms with Crippen molar-refractivity contribution < 1.29 is 33.7 Å². The SMILES string of the molecule is C=CCN(C(=O)C1N([C@@H](CO)[C@@H](C)CC)C(=O)[C@@H]2[C@H](C(=O)OCC)[C@@H]3CCC12O3)c1ccc(OC)cc1. The van der Waals surface area contributed by atoms with Crippen molar-refractivity contribution in [3.8, 4) is 5.75 Å². The quantitative estimate of drug-likeness (QED) is 0.357. The lowest BCUT2D eigenvalue weighted by atomic mass is 9.70. The predicted octanol–water partition coefficient (Wildman–Crippen LogP) is 2.56. The zero-order valence-electron chi connectivity index (χ0n) is 22.1. The molecular formula is C28H38N2O7. The Bertz CT molecular complexity index is 1030. The van der Waals surface area contributed by atoms with Crippen LogP contribution in [0.5, 0.6) is 5.75 Å². The molecule has 202 valence electrons. The number of nitrogens with zero attached hydrogens (tertiary/aromatic N) is 2. The van der Waals surface area contributed by atoms with Crippen molar-refractivity contribution in [3.63, 3.8) is 0 Å². The number of carbonyl (C=O) groups excluding carboxylic acids is 3. The van der Waals surface area contributed by atoms with Crippen LogP contribution in [0.25, 0.3) is 0 Å². The van der Waals surface area contributed by atoms with Crippen molar-refractivity contribution >= 4 is 23.5 Å². The predicted molar refractivity (Wildman–Crippen MR) is 137 cm³/mol. The fraction of sp³-hybridized carbons (Fsp3) is 0.607. The Kier molecular flexibility index (Phi) is 7.94. The van der Waals surface area contributed by atoms with E-state index in [9.17, 15) is 19.5 Å².